The molecule has 0 radical (unpaired) electrons. The molecule has 0 saturated carbocycles. The lowest BCUT2D eigenvalue weighted by Gasteiger charge is -2.26. The largest absolute Gasteiger partial charge is 0.467 e. The van der Waals surface area contributed by atoms with E-state index < -0.39 is 29.1 Å². The minimum absolute atomic E-state index is 0.0710. The Morgan fingerprint density at radius 1 is 1.16 bits per heavy atom. The van der Waals surface area contributed by atoms with Crippen LogP contribution in [0.3, 0.4) is 0 Å². The van der Waals surface area contributed by atoms with E-state index in [1.54, 1.807) is 4.90 Å². The first-order valence-corrected chi connectivity index (χ1v) is 11.9. The van der Waals surface area contributed by atoms with E-state index in [1.165, 1.54) is 43.1 Å². The topological polar surface area (TPSA) is 157 Å². The minimum atomic E-state index is -1.11. The summed E-state index contributed by atoms with van der Waals surface area (Å²) in [4.78, 5) is 62.7. The number of esters is 2. The molecule has 1 saturated heterocycles. The van der Waals surface area contributed by atoms with Crippen molar-refractivity contribution in [3.63, 3.8) is 0 Å². The molecule has 0 aromatic heterocycles. The quantitative estimate of drug-likeness (QED) is 0.345. The van der Waals surface area contributed by atoms with Gasteiger partial charge in [-0.3, -0.25) is 19.7 Å². The third kappa shape index (κ3) is 5.96. The van der Waals surface area contributed by atoms with Crippen molar-refractivity contribution in [1.29, 1.82) is 0 Å². The van der Waals surface area contributed by atoms with Crippen molar-refractivity contribution >= 4 is 29.2 Å². The fourth-order valence-electron chi connectivity index (χ4n) is 4.36. The number of allylic oxidation sites excluding steroid dienone is 3. The van der Waals surface area contributed by atoms with Crippen LogP contribution in [0.15, 0.2) is 47.4 Å². The third-order valence-electron chi connectivity index (χ3n) is 6.76. The highest BCUT2D eigenvalue weighted by atomic mass is 16.6. The summed E-state index contributed by atoms with van der Waals surface area (Å²) < 4.78 is 10.4. The summed E-state index contributed by atoms with van der Waals surface area (Å²) in [7, 11) is 1.26. The molecule has 0 amide bonds. The molecule has 1 aromatic rings. The van der Waals surface area contributed by atoms with Gasteiger partial charge in [-0.25, -0.2) is 9.59 Å². The van der Waals surface area contributed by atoms with Crippen molar-refractivity contribution in [1.82, 2.24) is 15.5 Å². The molecule has 0 bridgehead atoms. The highest BCUT2D eigenvalue weighted by molar-refractivity contribution is 6.01. The Hall–Kier alpha value is -4.22. The average molecular weight is 513 g/mol. The Balaban J connectivity index is 1.58. The van der Waals surface area contributed by atoms with Gasteiger partial charge in [0.1, 0.15) is 11.8 Å². The molecule has 2 heterocycles. The normalized spacial score (nSPS) is 25.4. The first kappa shape index (κ1) is 25.9. The number of hydrogen-bond donors (Lipinski definition) is 2. The molecule has 12 nitrogen and oxygen atoms in total. The fraction of sp³-hybridized carbons (Fsp3) is 0.440. The molecule has 1 aromatic carbocycles. The summed E-state index contributed by atoms with van der Waals surface area (Å²) in [6.07, 6.45) is 2.18. The van der Waals surface area contributed by atoms with Crippen LogP contribution in [0.5, 0.6) is 0 Å². The maximum Gasteiger partial charge on any atom is 0.340 e. The molecule has 3 atom stereocenters. The molecule has 2 aliphatic heterocycles. The third-order valence-corrected chi connectivity index (χ3v) is 6.76. The van der Waals surface area contributed by atoms with Gasteiger partial charge in [-0.15, -0.1) is 0 Å². The maximum atomic E-state index is 12.9. The number of benzene rings is 1. The predicted molar refractivity (Wildman–Crippen MR) is 128 cm³/mol. The molecule has 3 aliphatic rings. The van der Waals surface area contributed by atoms with E-state index in [0.717, 1.165) is 18.5 Å². The lowest BCUT2D eigenvalue weighted by Crippen LogP contribution is -2.41. The molecule has 0 spiro atoms. The second kappa shape index (κ2) is 10.8. The average Bonchev–Trinajstić information content (AvgIpc) is 3.56. The highest BCUT2D eigenvalue weighted by Gasteiger charge is 2.41. The second-order valence-corrected chi connectivity index (χ2v) is 9.23. The SMILES string of the molecule is COC(=O)[C@@H]1CC(=O)/C2=C/N[C@H](OC(=O)c3ccc([N+](=O)[O-])cc3)CC(=O)C(C)CCC3=C(C3)NCN21. The summed E-state index contributed by atoms with van der Waals surface area (Å²) in [5.74, 6) is -2.04. The number of Topliss-reactive ketones (excluding diaryl/α,β-unsaturated/α-hetero) is 2. The van der Waals surface area contributed by atoms with Gasteiger partial charge in [-0.05, 0) is 30.5 Å². The maximum absolute atomic E-state index is 12.9. The summed E-state index contributed by atoms with van der Waals surface area (Å²) in [6.45, 7) is 2.03. The van der Waals surface area contributed by atoms with Crippen LogP contribution in [0.4, 0.5) is 5.69 Å². The van der Waals surface area contributed by atoms with E-state index >= 15 is 0 Å². The van der Waals surface area contributed by atoms with Gasteiger partial charge in [0.2, 0.25) is 0 Å². The van der Waals surface area contributed by atoms with Crippen molar-refractivity contribution in [3.8, 4) is 0 Å². The summed E-state index contributed by atoms with van der Waals surface area (Å²) >= 11 is 0. The van der Waals surface area contributed by atoms with E-state index in [4.69, 9.17) is 9.47 Å². The Bertz CT molecular complexity index is 1190. The summed E-state index contributed by atoms with van der Waals surface area (Å²) in [5.41, 5.74) is 2.33. The van der Waals surface area contributed by atoms with Crippen LogP contribution in [-0.4, -0.2) is 59.4 Å². The zero-order valence-electron chi connectivity index (χ0n) is 20.5. The molecule has 1 aliphatic carbocycles. The van der Waals surface area contributed by atoms with Crippen LogP contribution in [-0.2, 0) is 23.9 Å². The lowest BCUT2D eigenvalue weighted by atomic mass is 9.97. The van der Waals surface area contributed by atoms with Crippen molar-refractivity contribution in [2.75, 3.05) is 13.8 Å². The van der Waals surface area contributed by atoms with Crippen LogP contribution in [0, 0.1) is 16.0 Å². The van der Waals surface area contributed by atoms with Gasteiger partial charge < -0.3 is 25.0 Å². The Morgan fingerprint density at radius 2 is 1.89 bits per heavy atom. The molecular weight excluding hydrogens is 484 g/mol. The van der Waals surface area contributed by atoms with Gasteiger partial charge in [0.05, 0.1) is 36.4 Å². The van der Waals surface area contributed by atoms with Gasteiger partial charge in [0.15, 0.2) is 12.0 Å². The standard InChI is InChI=1S/C25H28N4O8/c1-14-3-4-16-9-18(16)27-13-28-19(25(33)36-2)10-22(31)20(28)12-26-23(11-21(14)30)37-24(32)15-5-7-17(8-6-15)29(34)35/h5-8,12,14,19,23,26-27H,3-4,9-11,13H2,1-2H3/b20-12-/t14?,19-,23+/m0/s1. The molecular formula is C25H28N4O8. The number of fused-ring (bicyclic) bond motifs is 1. The van der Waals surface area contributed by atoms with E-state index in [0.29, 0.717) is 6.42 Å². The van der Waals surface area contributed by atoms with Gasteiger partial charge >= 0.3 is 11.9 Å². The fourth-order valence-corrected chi connectivity index (χ4v) is 4.36. The van der Waals surface area contributed by atoms with E-state index in [2.05, 4.69) is 10.6 Å². The molecule has 37 heavy (non-hydrogen) atoms. The first-order chi connectivity index (χ1) is 17.7. The smallest absolute Gasteiger partial charge is 0.340 e. The Labute approximate surface area is 212 Å². The number of ketones is 2. The van der Waals surface area contributed by atoms with Gasteiger partial charge in [-0.2, -0.15) is 0 Å². The highest BCUT2D eigenvalue weighted by Crippen LogP contribution is 2.34. The van der Waals surface area contributed by atoms with Gasteiger partial charge in [0.25, 0.3) is 5.69 Å². The molecule has 2 N–H and O–H groups in total. The molecule has 1 unspecified atom stereocenters. The Morgan fingerprint density at radius 3 is 2.57 bits per heavy atom. The van der Waals surface area contributed by atoms with E-state index in [-0.39, 0.29) is 53.9 Å². The lowest BCUT2D eigenvalue weighted by molar-refractivity contribution is -0.384. The van der Waals surface area contributed by atoms with Crippen molar-refractivity contribution in [3.05, 3.63) is 63.1 Å². The first-order valence-electron chi connectivity index (χ1n) is 11.9. The number of ether oxygens (including phenoxy) is 2. The molecule has 4 rings (SSSR count). The monoisotopic (exact) mass is 512 g/mol. The molecule has 1 fully saturated rings. The second-order valence-electron chi connectivity index (χ2n) is 9.23. The number of nitrogens with one attached hydrogen (secondary N) is 2. The summed E-state index contributed by atoms with van der Waals surface area (Å²) in [5, 5.41) is 17.0. The van der Waals surface area contributed by atoms with Gasteiger partial charge in [-0.1, -0.05) is 6.92 Å². The number of hydrogen-bond acceptors (Lipinski definition) is 11. The number of carbonyl (C=O) groups excluding carboxylic acids is 4. The minimum Gasteiger partial charge on any atom is -0.467 e. The Kier molecular flexibility index (Phi) is 7.55. The number of nitrogens with zero attached hydrogens (tertiary/aromatic N) is 2. The number of methoxy groups -OCH3 is 1. The number of carbonyl (C=O) groups is 4. The zero-order valence-corrected chi connectivity index (χ0v) is 20.5. The zero-order chi connectivity index (χ0) is 26.7. The van der Waals surface area contributed by atoms with Gasteiger partial charge in [0, 0.05) is 42.8 Å². The van der Waals surface area contributed by atoms with Crippen LogP contribution < -0.4 is 10.6 Å². The molecule has 196 valence electrons. The van der Waals surface area contributed by atoms with Crippen LogP contribution in [0.2, 0.25) is 0 Å². The number of non-ortho nitro benzene ring substituents is 1. The van der Waals surface area contributed by atoms with Crippen LogP contribution in [0.25, 0.3) is 0 Å². The van der Waals surface area contributed by atoms with Crippen LogP contribution >= 0.6 is 0 Å². The summed E-state index contributed by atoms with van der Waals surface area (Å²) in [6, 6.07) is 4.09. The van der Waals surface area contributed by atoms with Crippen LogP contribution in [0.1, 0.15) is 49.4 Å². The molecule has 12 heteroatoms. The number of nitro benzene ring substituents is 1. The van der Waals surface area contributed by atoms with E-state index in [1.807, 2.05) is 6.92 Å². The van der Waals surface area contributed by atoms with Crippen molar-refractivity contribution in [2.45, 2.75) is 51.3 Å². The number of nitro groups is 1. The number of rotatable bonds is 4. The predicted octanol–water partition coefficient (Wildman–Crippen LogP) is 1.92. The van der Waals surface area contributed by atoms with Crippen molar-refractivity contribution in [2.24, 2.45) is 5.92 Å². The van der Waals surface area contributed by atoms with Crippen molar-refractivity contribution < 1.29 is 33.6 Å². The van der Waals surface area contributed by atoms with E-state index in [9.17, 15) is 29.3 Å².